The van der Waals surface area contributed by atoms with Crippen molar-refractivity contribution in [2.75, 3.05) is 11.9 Å². The number of hydrogen-bond donors (Lipinski definition) is 2. The lowest BCUT2D eigenvalue weighted by molar-refractivity contribution is -0.0396. The Labute approximate surface area is 93.0 Å². The highest BCUT2D eigenvalue weighted by Crippen LogP contribution is 2.25. The van der Waals surface area contributed by atoms with Gasteiger partial charge in [0.1, 0.15) is 11.9 Å². The van der Waals surface area contributed by atoms with E-state index in [-0.39, 0.29) is 12.3 Å². The van der Waals surface area contributed by atoms with Crippen molar-refractivity contribution < 1.29 is 9.53 Å². The van der Waals surface area contributed by atoms with Crippen molar-refractivity contribution >= 4 is 11.7 Å². The second-order valence-corrected chi connectivity index (χ2v) is 4.10. The van der Waals surface area contributed by atoms with E-state index in [1.165, 1.54) is 6.42 Å². The number of carbonyl (C=O) groups is 1. The molecule has 6 nitrogen and oxygen atoms in total. The number of aromatic nitrogens is 2. The molecule has 86 valence electrons. The van der Waals surface area contributed by atoms with Gasteiger partial charge in [-0.05, 0) is 19.3 Å². The molecule has 0 bridgehead atoms. The molecular weight excluding hydrogens is 208 g/mol. The molecule has 2 aliphatic rings. The first-order valence-electron chi connectivity index (χ1n) is 5.57. The first-order valence-corrected chi connectivity index (χ1v) is 5.57. The van der Waals surface area contributed by atoms with Crippen molar-refractivity contribution in [3.05, 3.63) is 11.9 Å². The lowest BCUT2D eigenvalue weighted by atomic mass is 10.2. The SMILES string of the molecule is O=C1NCc2nn(C3CCCCO3)cc2N1. The standard InChI is InChI=1S/C10H14N4O2/c15-10-11-5-7-8(12-10)6-14(13-7)9-3-1-2-4-16-9/h6,9H,1-5H2,(H2,11,12,15). The number of amides is 2. The van der Waals surface area contributed by atoms with Crippen LogP contribution >= 0.6 is 0 Å². The molecule has 0 saturated carbocycles. The molecule has 0 aromatic carbocycles. The van der Waals surface area contributed by atoms with Crippen molar-refractivity contribution in [3.8, 4) is 0 Å². The topological polar surface area (TPSA) is 68.2 Å². The number of hydrogen-bond acceptors (Lipinski definition) is 3. The van der Waals surface area contributed by atoms with Crippen LogP contribution in [0.1, 0.15) is 31.2 Å². The number of carbonyl (C=O) groups excluding carboxylic acids is 1. The molecule has 1 saturated heterocycles. The molecule has 0 aliphatic carbocycles. The summed E-state index contributed by atoms with van der Waals surface area (Å²) in [5.74, 6) is 0. The number of anilines is 1. The van der Waals surface area contributed by atoms with Crippen LogP contribution in [-0.2, 0) is 11.3 Å². The Hall–Kier alpha value is -1.56. The van der Waals surface area contributed by atoms with Gasteiger partial charge in [-0.1, -0.05) is 0 Å². The van der Waals surface area contributed by atoms with E-state index in [0.29, 0.717) is 6.54 Å². The fourth-order valence-corrected chi connectivity index (χ4v) is 2.07. The summed E-state index contributed by atoms with van der Waals surface area (Å²) in [5, 5.41) is 9.84. The van der Waals surface area contributed by atoms with E-state index in [0.717, 1.165) is 30.8 Å². The Morgan fingerprint density at radius 3 is 3.25 bits per heavy atom. The maximum Gasteiger partial charge on any atom is 0.319 e. The predicted octanol–water partition coefficient (Wildman–Crippen LogP) is 1.22. The fraction of sp³-hybridized carbons (Fsp3) is 0.600. The van der Waals surface area contributed by atoms with Gasteiger partial charge in [0.15, 0.2) is 0 Å². The minimum absolute atomic E-state index is 0.0243. The second-order valence-electron chi connectivity index (χ2n) is 4.10. The number of nitrogens with one attached hydrogen (secondary N) is 2. The summed E-state index contributed by atoms with van der Waals surface area (Å²) in [4.78, 5) is 11.1. The molecule has 1 aromatic rings. The van der Waals surface area contributed by atoms with Crippen LogP contribution in [0.3, 0.4) is 0 Å². The zero-order valence-electron chi connectivity index (χ0n) is 8.90. The summed E-state index contributed by atoms with van der Waals surface area (Å²) >= 11 is 0. The van der Waals surface area contributed by atoms with Gasteiger partial charge >= 0.3 is 6.03 Å². The molecule has 3 heterocycles. The van der Waals surface area contributed by atoms with Gasteiger partial charge in [0.25, 0.3) is 0 Å². The van der Waals surface area contributed by atoms with Gasteiger partial charge in [0.2, 0.25) is 0 Å². The summed E-state index contributed by atoms with van der Waals surface area (Å²) in [6, 6.07) is -0.170. The number of urea groups is 1. The summed E-state index contributed by atoms with van der Waals surface area (Å²) in [6.07, 6.45) is 5.15. The molecule has 2 amide bonds. The molecule has 0 spiro atoms. The molecule has 1 atom stereocenters. The summed E-state index contributed by atoms with van der Waals surface area (Å²) in [5.41, 5.74) is 1.66. The van der Waals surface area contributed by atoms with Crippen LogP contribution in [0.25, 0.3) is 0 Å². The van der Waals surface area contributed by atoms with Gasteiger partial charge in [0, 0.05) is 6.61 Å². The van der Waals surface area contributed by atoms with Gasteiger partial charge < -0.3 is 15.4 Å². The second kappa shape index (κ2) is 3.79. The lowest BCUT2D eigenvalue weighted by Gasteiger charge is -2.22. The molecule has 1 unspecified atom stereocenters. The van der Waals surface area contributed by atoms with E-state index in [1.807, 2.05) is 10.9 Å². The average Bonchev–Trinajstić information content (AvgIpc) is 2.73. The number of fused-ring (bicyclic) bond motifs is 1. The third kappa shape index (κ3) is 1.65. The highest BCUT2D eigenvalue weighted by atomic mass is 16.5. The smallest absolute Gasteiger partial charge is 0.319 e. The van der Waals surface area contributed by atoms with Crippen LogP contribution in [0, 0.1) is 0 Å². The van der Waals surface area contributed by atoms with Crippen molar-refractivity contribution in [1.82, 2.24) is 15.1 Å². The zero-order valence-corrected chi connectivity index (χ0v) is 8.90. The molecular formula is C10H14N4O2. The fourth-order valence-electron chi connectivity index (χ4n) is 2.07. The minimum Gasteiger partial charge on any atom is -0.357 e. The van der Waals surface area contributed by atoms with E-state index in [1.54, 1.807) is 0 Å². The van der Waals surface area contributed by atoms with Gasteiger partial charge in [-0.2, -0.15) is 5.10 Å². The molecule has 6 heteroatoms. The summed E-state index contributed by atoms with van der Waals surface area (Å²) in [6.45, 7) is 1.28. The minimum atomic E-state index is -0.170. The van der Waals surface area contributed by atoms with E-state index >= 15 is 0 Å². The molecule has 3 rings (SSSR count). The highest BCUT2D eigenvalue weighted by molar-refractivity contribution is 5.91. The zero-order chi connectivity index (χ0) is 11.0. The molecule has 1 fully saturated rings. The Balaban J connectivity index is 1.83. The third-order valence-corrected chi connectivity index (χ3v) is 2.92. The quantitative estimate of drug-likeness (QED) is 0.750. The Morgan fingerprint density at radius 2 is 2.44 bits per heavy atom. The number of rotatable bonds is 1. The predicted molar refractivity (Wildman–Crippen MR) is 56.9 cm³/mol. The van der Waals surface area contributed by atoms with E-state index < -0.39 is 0 Å². The van der Waals surface area contributed by atoms with Gasteiger partial charge in [-0.25, -0.2) is 9.48 Å². The van der Waals surface area contributed by atoms with Crippen LogP contribution in [0.2, 0.25) is 0 Å². The van der Waals surface area contributed by atoms with Crippen molar-refractivity contribution in [2.24, 2.45) is 0 Å². The van der Waals surface area contributed by atoms with Crippen LogP contribution in [0.4, 0.5) is 10.5 Å². The van der Waals surface area contributed by atoms with E-state index in [4.69, 9.17) is 4.74 Å². The largest absolute Gasteiger partial charge is 0.357 e. The Morgan fingerprint density at radius 1 is 1.50 bits per heavy atom. The number of nitrogens with zero attached hydrogens (tertiary/aromatic N) is 2. The van der Waals surface area contributed by atoms with Crippen molar-refractivity contribution in [3.63, 3.8) is 0 Å². The first-order chi connectivity index (χ1) is 7.83. The van der Waals surface area contributed by atoms with E-state index in [9.17, 15) is 4.79 Å². The monoisotopic (exact) mass is 222 g/mol. The maximum atomic E-state index is 11.1. The van der Waals surface area contributed by atoms with Crippen LogP contribution < -0.4 is 10.6 Å². The molecule has 2 N–H and O–H groups in total. The molecule has 16 heavy (non-hydrogen) atoms. The Kier molecular flexibility index (Phi) is 2.28. The maximum absolute atomic E-state index is 11.1. The average molecular weight is 222 g/mol. The van der Waals surface area contributed by atoms with Gasteiger partial charge in [0.05, 0.1) is 18.4 Å². The summed E-state index contributed by atoms with van der Waals surface area (Å²) < 4.78 is 7.45. The Bertz CT molecular complexity index is 409. The van der Waals surface area contributed by atoms with Crippen LogP contribution in [0.15, 0.2) is 6.20 Å². The number of ether oxygens (including phenoxy) is 1. The normalized spacial score (nSPS) is 24.5. The van der Waals surface area contributed by atoms with E-state index in [2.05, 4.69) is 15.7 Å². The summed E-state index contributed by atoms with van der Waals surface area (Å²) in [7, 11) is 0. The molecule has 2 aliphatic heterocycles. The first kappa shape index (κ1) is 9.65. The third-order valence-electron chi connectivity index (χ3n) is 2.92. The van der Waals surface area contributed by atoms with Gasteiger partial charge in [-0.15, -0.1) is 0 Å². The van der Waals surface area contributed by atoms with Crippen LogP contribution in [-0.4, -0.2) is 22.4 Å². The van der Waals surface area contributed by atoms with Gasteiger partial charge in [-0.3, -0.25) is 0 Å². The van der Waals surface area contributed by atoms with Crippen LogP contribution in [0.5, 0.6) is 0 Å². The molecule has 1 aromatic heterocycles. The lowest BCUT2D eigenvalue weighted by Crippen LogP contribution is -2.32. The molecule has 0 radical (unpaired) electrons. The van der Waals surface area contributed by atoms with Crippen molar-refractivity contribution in [2.45, 2.75) is 32.0 Å². The highest BCUT2D eigenvalue weighted by Gasteiger charge is 2.22. The van der Waals surface area contributed by atoms with Crippen molar-refractivity contribution in [1.29, 1.82) is 0 Å².